The maximum atomic E-state index is 13.2. The van der Waals surface area contributed by atoms with Gasteiger partial charge in [0, 0.05) is 23.8 Å². The number of amides is 1. The van der Waals surface area contributed by atoms with Gasteiger partial charge in [0.25, 0.3) is 5.91 Å². The predicted molar refractivity (Wildman–Crippen MR) is 95.0 cm³/mol. The van der Waals surface area contributed by atoms with Crippen molar-refractivity contribution in [3.8, 4) is 0 Å². The second-order valence-electron chi connectivity index (χ2n) is 6.03. The van der Waals surface area contributed by atoms with Crippen LogP contribution in [0.4, 0.5) is 10.1 Å². The first kappa shape index (κ1) is 18.5. The maximum absolute atomic E-state index is 13.2. The highest BCUT2D eigenvalue weighted by Crippen LogP contribution is 2.22. The van der Waals surface area contributed by atoms with Crippen LogP contribution in [0, 0.1) is 5.82 Å². The summed E-state index contributed by atoms with van der Waals surface area (Å²) in [6.45, 7) is 2.83. The molecule has 8 heteroatoms. The summed E-state index contributed by atoms with van der Waals surface area (Å²) in [5.41, 5.74) is 0.608. The van der Waals surface area contributed by atoms with Crippen LogP contribution >= 0.6 is 0 Å². The first-order valence-corrected chi connectivity index (χ1v) is 9.58. The molecule has 3 rings (SSSR count). The number of hydrogen-bond donors (Lipinski definition) is 1. The molecule has 1 atom stereocenters. The molecule has 0 aromatic heterocycles. The number of ether oxygens (including phenoxy) is 1. The number of benzene rings is 2. The molecular formula is C18H19FN2O4S. The van der Waals surface area contributed by atoms with Crippen LogP contribution < -0.4 is 5.32 Å². The van der Waals surface area contributed by atoms with Crippen molar-refractivity contribution in [1.29, 1.82) is 0 Å². The molecular weight excluding hydrogens is 359 g/mol. The zero-order valence-electron chi connectivity index (χ0n) is 14.2. The summed E-state index contributed by atoms with van der Waals surface area (Å²) in [4.78, 5) is 12.3. The molecule has 0 saturated carbocycles. The molecule has 26 heavy (non-hydrogen) atoms. The standard InChI is InChI=1S/C18H19FN2O4S/c1-13-12-25-10-9-21(13)26(23,24)17-7-5-16(6-8-17)20-18(22)14-3-2-4-15(19)11-14/h2-8,11,13H,9-10,12H2,1H3,(H,20,22). The molecule has 1 N–H and O–H groups in total. The molecule has 2 aromatic carbocycles. The summed E-state index contributed by atoms with van der Waals surface area (Å²) in [6.07, 6.45) is 0. The molecule has 2 aromatic rings. The molecule has 138 valence electrons. The van der Waals surface area contributed by atoms with Crippen molar-refractivity contribution >= 4 is 21.6 Å². The summed E-state index contributed by atoms with van der Waals surface area (Å²) >= 11 is 0. The topological polar surface area (TPSA) is 75.7 Å². The Morgan fingerprint density at radius 3 is 2.62 bits per heavy atom. The van der Waals surface area contributed by atoms with E-state index in [0.29, 0.717) is 25.4 Å². The fourth-order valence-electron chi connectivity index (χ4n) is 2.75. The lowest BCUT2D eigenvalue weighted by Gasteiger charge is -2.32. The highest BCUT2D eigenvalue weighted by atomic mass is 32.2. The number of hydrogen-bond acceptors (Lipinski definition) is 4. The van der Waals surface area contributed by atoms with E-state index in [9.17, 15) is 17.6 Å². The van der Waals surface area contributed by atoms with E-state index in [4.69, 9.17) is 4.74 Å². The summed E-state index contributed by atoms with van der Waals surface area (Å²) in [5.74, 6) is -0.972. The molecule has 0 spiro atoms. The molecule has 1 saturated heterocycles. The largest absolute Gasteiger partial charge is 0.378 e. The summed E-state index contributed by atoms with van der Waals surface area (Å²) in [5, 5.41) is 2.62. The van der Waals surface area contributed by atoms with Gasteiger partial charge in [-0.3, -0.25) is 4.79 Å². The fourth-order valence-corrected chi connectivity index (χ4v) is 4.35. The first-order valence-electron chi connectivity index (χ1n) is 8.14. The first-order chi connectivity index (χ1) is 12.4. The smallest absolute Gasteiger partial charge is 0.255 e. The van der Waals surface area contributed by atoms with Gasteiger partial charge in [-0.25, -0.2) is 12.8 Å². The van der Waals surface area contributed by atoms with Gasteiger partial charge in [0.1, 0.15) is 5.82 Å². The van der Waals surface area contributed by atoms with E-state index in [1.165, 1.54) is 46.8 Å². The van der Waals surface area contributed by atoms with Crippen LogP contribution in [0.2, 0.25) is 0 Å². The van der Waals surface area contributed by atoms with Crippen LogP contribution in [0.1, 0.15) is 17.3 Å². The number of nitrogens with one attached hydrogen (secondary N) is 1. The summed E-state index contributed by atoms with van der Waals surface area (Å²) in [6, 6.07) is 11.0. The number of carbonyl (C=O) groups is 1. The fraction of sp³-hybridized carbons (Fsp3) is 0.278. The number of halogens is 1. The van der Waals surface area contributed by atoms with Gasteiger partial charge >= 0.3 is 0 Å². The van der Waals surface area contributed by atoms with Crippen LogP contribution in [-0.2, 0) is 14.8 Å². The van der Waals surface area contributed by atoms with Gasteiger partial charge < -0.3 is 10.1 Å². The second kappa shape index (κ2) is 7.53. The summed E-state index contributed by atoms with van der Waals surface area (Å²) in [7, 11) is -3.62. The maximum Gasteiger partial charge on any atom is 0.255 e. The van der Waals surface area contributed by atoms with E-state index < -0.39 is 21.7 Å². The van der Waals surface area contributed by atoms with Crippen LogP contribution in [0.5, 0.6) is 0 Å². The Balaban J connectivity index is 1.75. The van der Waals surface area contributed by atoms with E-state index >= 15 is 0 Å². The van der Waals surface area contributed by atoms with Crippen LogP contribution in [0.3, 0.4) is 0 Å². The van der Waals surface area contributed by atoms with Crippen LogP contribution in [0.25, 0.3) is 0 Å². The molecule has 6 nitrogen and oxygen atoms in total. The molecule has 1 unspecified atom stereocenters. The van der Waals surface area contributed by atoms with Gasteiger partial charge in [-0.2, -0.15) is 4.31 Å². The van der Waals surface area contributed by atoms with Gasteiger partial charge in [-0.05, 0) is 49.4 Å². The number of anilines is 1. The van der Waals surface area contributed by atoms with Crippen molar-refractivity contribution in [2.75, 3.05) is 25.1 Å². The van der Waals surface area contributed by atoms with Crippen molar-refractivity contribution in [1.82, 2.24) is 4.31 Å². The molecule has 0 radical (unpaired) electrons. The lowest BCUT2D eigenvalue weighted by atomic mass is 10.2. The van der Waals surface area contributed by atoms with Gasteiger partial charge in [0.15, 0.2) is 0 Å². The van der Waals surface area contributed by atoms with Gasteiger partial charge in [-0.15, -0.1) is 0 Å². The van der Waals surface area contributed by atoms with E-state index in [0.717, 1.165) is 6.07 Å². The third-order valence-corrected chi connectivity index (χ3v) is 6.14. The van der Waals surface area contributed by atoms with Gasteiger partial charge in [0.2, 0.25) is 10.0 Å². The Labute approximate surface area is 151 Å². The number of morpholine rings is 1. The number of nitrogens with zero attached hydrogens (tertiary/aromatic N) is 1. The molecule has 1 aliphatic heterocycles. The number of sulfonamides is 1. The minimum absolute atomic E-state index is 0.148. The highest BCUT2D eigenvalue weighted by molar-refractivity contribution is 7.89. The lowest BCUT2D eigenvalue weighted by molar-refractivity contribution is 0.0393. The molecule has 1 aliphatic rings. The van der Waals surface area contributed by atoms with Crippen molar-refractivity contribution < 1.29 is 22.3 Å². The Morgan fingerprint density at radius 1 is 1.23 bits per heavy atom. The monoisotopic (exact) mass is 378 g/mol. The molecule has 1 amide bonds. The molecule has 0 bridgehead atoms. The Morgan fingerprint density at radius 2 is 1.96 bits per heavy atom. The molecule has 1 heterocycles. The SMILES string of the molecule is CC1COCCN1S(=O)(=O)c1ccc(NC(=O)c2cccc(F)c2)cc1. The van der Waals surface area contributed by atoms with Gasteiger partial charge in [-0.1, -0.05) is 6.07 Å². The van der Waals surface area contributed by atoms with Crippen LogP contribution in [0.15, 0.2) is 53.4 Å². The van der Waals surface area contributed by atoms with Crippen LogP contribution in [-0.4, -0.2) is 44.4 Å². The van der Waals surface area contributed by atoms with Crippen molar-refractivity contribution in [2.45, 2.75) is 17.9 Å². The highest BCUT2D eigenvalue weighted by Gasteiger charge is 2.31. The minimum atomic E-state index is -3.62. The molecule has 1 fully saturated rings. The number of carbonyl (C=O) groups excluding carboxylic acids is 1. The number of rotatable bonds is 4. The van der Waals surface area contributed by atoms with E-state index in [2.05, 4.69) is 5.32 Å². The Hall–Kier alpha value is -2.29. The zero-order chi connectivity index (χ0) is 18.7. The average molecular weight is 378 g/mol. The summed E-state index contributed by atoms with van der Waals surface area (Å²) < 4.78 is 45.4. The Kier molecular flexibility index (Phi) is 5.36. The van der Waals surface area contributed by atoms with Crippen molar-refractivity contribution in [3.05, 3.63) is 59.9 Å². The normalized spacial score (nSPS) is 18.5. The van der Waals surface area contributed by atoms with E-state index in [1.54, 1.807) is 6.92 Å². The Bertz CT molecular complexity index is 900. The quantitative estimate of drug-likeness (QED) is 0.887. The third-order valence-electron chi connectivity index (χ3n) is 4.11. The average Bonchev–Trinajstić information content (AvgIpc) is 2.62. The lowest BCUT2D eigenvalue weighted by Crippen LogP contribution is -2.46. The molecule has 0 aliphatic carbocycles. The zero-order valence-corrected chi connectivity index (χ0v) is 15.0. The third kappa shape index (κ3) is 3.92. The van der Waals surface area contributed by atoms with E-state index in [-0.39, 0.29) is 16.5 Å². The van der Waals surface area contributed by atoms with E-state index in [1.807, 2.05) is 0 Å². The minimum Gasteiger partial charge on any atom is -0.378 e. The van der Waals surface area contributed by atoms with Crippen molar-refractivity contribution in [3.63, 3.8) is 0 Å². The van der Waals surface area contributed by atoms with Gasteiger partial charge in [0.05, 0.1) is 18.1 Å². The predicted octanol–water partition coefficient (Wildman–Crippen LogP) is 2.49. The second-order valence-corrected chi connectivity index (χ2v) is 7.92. The van der Waals surface area contributed by atoms with Crippen molar-refractivity contribution in [2.24, 2.45) is 0 Å².